The summed E-state index contributed by atoms with van der Waals surface area (Å²) in [5.74, 6) is -0.0251. The summed E-state index contributed by atoms with van der Waals surface area (Å²) in [6.07, 6.45) is 7.43. The van der Waals surface area contributed by atoms with E-state index in [4.69, 9.17) is 4.84 Å². The summed E-state index contributed by atoms with van der Waals surface area (Å²) in [7, 11) is 0. The summed E-state index contributed by atoms with van der Waals surface area (Å²) >= 11 is 0. The summed E-state index contributed by atoms with van der Waals surface area (Å²) < 4.78 is 0. The van der Waals surface area contributed by atoms with Crippen molar-refractivity contribution in [2.45, 2.75) is 58.1 Å². The number of fused-ring (bicyclic) bond motifs is 1. The second-order valence-corrected chi connectivity index (χ2v) is 7.61. The zero-order valence-corrected chi connectivity index (χ0v) is 16.7. The van der Waals surface area contributed by atoms with Crippen molar-refractivity contribution >= 4 is 5.91 Å². The van der Waals surface area contributed by atoms with Crippen LogP contribution in [0.3, 0.4) is 0 Å². The van der Waals surface area contributed by atoms with Crippen LogP contribution < -0.4 is 5.48 Å². The third-order valence-corrected chi connectivity index (χ3v) is 5.36. The molecule has 4 nitrogen and oxygen atoms in total. The van der Waals surface area contributed by atoms with Crippen molar-refractivity contribution in [2.75, 3.05) is 13.1 Å². The first kappa shape index (κ1) is 20.6. The van der Waals surface area contributed by atoms with Gasteiger partial charge in [0.1, 0.15) is 0 Å². The highest BCUT2D eigenvalue weighted by Gasteiger charge is 2.14. The average molecular weight is 381 g/mol. The maximum absolute atomic E-state index is 11.8. The second kappa shape index (κ2) is 11.6. The highest BCUT2D eigenvalue weighted by atomic mass is 16.6. The van der Waals surface area contributed by atoms with Crippen molar-refractivity contribution in [2.24, 2.45) is 0 Å². The topological polar surface area (TPSA) is 41.6 Å². The Bertz CT molecular complexity index is 718. The molecule has 150 valence electrons. The molecule has 0 bridgehead atoms. The number of carbonyl (C=O) groups is 1. The summed E-state index contributed by atoms with van der Waals surface area (Å²) in [5.41, 5.74) is 6.61. The first-order valence-electron chi connectivity index (χ1n) is 10.5. The van der Waals surface area contributed by atoms with E-state index in [2.05, 4.69) is 34.6 Å². The van der Waals surface area contributed by atoms with Crippen LogP contribution in [0, 0.1) is 0 Å². The van der Waals surface area contributed by atoms with Crippen LogP contribution in [0.15, 0.2) is 54.6 Å². The molecule has 0 spiro atoms. The van der Waals surface area contributed by atoms with Crippen LogP contribution in [-0.4, -0.2) is 23.9 Å². The third kappa shape index (κ3) is 7.10. The number of benzene rings is 2. The first-order chi connectivity index (χ1) is 13.8. The van der Waals surface area contributed by atoms with E-state index in [0.717, 1.165) is 24.9 Å². The third-order valence-electron chi connectivity index (χ3n) is 5.36. The van der Waals surface area contributed by atoms with Gasteiger partial charge >= 0.3 is 0 Å². The van der Waals surface area contributed by atoms with Gasteiger partial charge in [0.05, 0.1) is 6.61 Å². The van der Waals surface area contributed by atoms with Gasteiger partial charge in [0.25, 0.3) is 0 Å². The number of nitrogens with zero attached hydrogens (tertiary/aromatic N) is 1. The molecule has 2 aromatic rings. The first-order valence-corrected chi connectivity index (χ1v) is 10.5. The van der Waals surface area contributed by atoms with Crippen LogP contribution in [0.5, 0.6) is 0 Å². The fraction of sp³-hybridized carbons (Fsp3) is 0.458. The molecule has 1 N–H and O–H groups in total. The van der Waals surface area contributed by atoms with Gasteiger partial charge in [-0.15, -0.1) is 0 Å². The smallest absolute Gasteiger partial charge is 0.243 e. The summed E-state index contributed by atoms with van der Waals surface area (Å²) in [6.45, 7) is 3.87. The molecule has 3 rings (SSSR count). The van der Waals surface area contributed by atoms with Crippen molar-refractivity contribution < 1.29 is 9.63 Å². The van der Waals surface area contributed by atoms with E-state index in [0.29, 0.717) is 13.0 Å². The Morgan fingerprint density at radius 3 is 2.46 bits per heavy atom. The number of hydrogen-bond acceptors (Lipinski definition) is 3. The molecule has 4 heteroatoms. The van der Waals surface area contributed by atoms with Crippen molar-refractivity contribution in [3.05, 3.63) is 71.3 Å². The lowest BCUT2D eigenvalue weighted by atomic mass is 9.99. The minimum absolute atomic E-state index is 0.0251. The van der Waals surface area contributed by atoms with Crippen LogP contribution in [0.2, 0.25) is 0 Å². The lowest BCUT2D eigenvalue weighted by Crippen LogP contribution is -2.31. The van der Waals surface area contributed by atoms with Gasteiger partial charge in [-0.25, -0.2) is 5.48 Å². The van der Waals surface area contributed by atoms with E-state index in [1.165, 1.54) is 49.9 Å². The summed E-state index contributed by atoms with van der Waals surface area (Å²) in [5, 5.41) is 0. The van der Waals surface area contributed by atoms with E-state index >= 15 is 0 Å². The Kier molecular flexibility index (Phi) is 8.54. The molecule has 1 aliphatic rings. The number of hydrogen-bond donors (Lipinski definition) is 1. The van der Waals surface area contributed by atoms with Gasteiger partial charge in [-0.3, -0.25) is 14.5 Å². The monoisotopic (exact) mass is 380 g/mol. The van der Waals surface area contributed by atoms with Crippen LogP contribution >= 0.6 is 0 Å². The minimum Gasteiger partial charge on any atom is -0.299 e. The number of amides is 1. The van der Waals surface area contributed by atoms with E-state index in [1.807, 2.05) is 30.3 Å². The maximum atomic E-state index is 11.8. The van der Waals surface area contributed by atoms with Crippen LogP contribution in [0.1, 0.15) is 55.2 Å². The minimum atomic E-state index is -0.0251. The van der Waals surface area contributed by atoms with E-state index in [1.54, 1.807) is 0 Å². The molecular formula is C24H32N2O2. The Labute approximate surface area is 168 Å². The Morgan fingerprint density at radius 2 is 1.61 bits per heavy atom. The molecule has 1 amide bonds. The highest BCUT2D eigenvalue weighted by molar-refractivity contribution is 5.74. The molecule has 0 aliphatic carbocycles. The molecule has 28 heavy (non-hydrogen) atoms. The zero-order chi connectivity index (χ0) is 19.4. The summed E-state index contributed by atoms with van der Waals surface area (Å²) in [4.78, 5) is 19.6. The molecule has 0 radical (unpaired) electrons. The second-order valence-electron chi connectivity index (χ2n) is 7.61. The van der Waals surface area contributed by atoms with E-state index in [-0.39, 0.29) is 5.91 Å². The van der Waals surface area contributed by atoms with Crippen molar-refractivity contribution in [1.29, 1.82) is 0 Å². The fourth-order valence-corrected chi connectivity index (χ4v) is 3.72. The molecule has 0 aromatic heterocycles. The number of hydroxylamine groups is 1. The van der Waals surface area contributed by atoms with Crippen LogP contribution in [0.4, 0.5) is 0 Å². The number of rotatable bonds is 11. The highest BCUT2D eigenvalue weighted by Crippen LogP contribution is 2.19. The van der Waals surface area contributed by atoms with Gasteiger partial charge in [0.15, 0.2) is 0 Å². The lowest BCUT2D eigenvalue weighted by molar-refractivity contribution is -0.134. The molecule has 0 unspecified atom stereocenters. The van der Waals surface area contributed by atoms with Gasteiger partial charge < -0.3 is 0 Å². The number of nitrogens with one attached hydrogen (secondary N) is 1. The molecular weight excluding hydrogens is 348 g/mol. The number of carbonyl (C=O) groups excluding carboxylic acids is 1. The Balaban J connectivity index is 1.16. The molecule has 0 saturated carbocycles. The lowest BCUT2D eigenvalue weighted by Gasteiger charge is -2.28. The largest absolute Gasteiger partial charge is 0.299 e. The van der Waals surface area contributed by atoms with Crippen LogP contribution in [-0.2, 0) is 29.2 Å². The molecule has 1 heterocycles. The average Bonchev–Trinajstić information content (AvgIpc) is 2.74. The van der Waals surface area contributed by atoms with Crippen molar-refractivity contribution in [3.63, 3.8) is 0 Å². The van der Waals surface area contributed by atoms with Gasteiger partial charge in [-0.2, -0.15) is 0 Å². The van der Waals surface area contributed by atoms with Crippen molar-refractivity contribution in [1.82, 2.24) is 10.4 Å². The Morgan fingerprint density at radius 1 is 0.893 bits per heavy atom. The van der Waals surface area contributed by atoms with Gasteiger partial charge in [0.2, 0.25) is 5.91 Å². The molecule has 0 fully saturated rings. The maximum Gasteiger partial charge on any atom is 0.243 e. The SMILES string of the molecule is O=C(CCCCCCCN1CCc2ccccc2C1)NOCc1ccccc1. The zero-order valence-electron chi connectivity index (χ0n) is 16.7. The molecule has 0 saturated heterocycles. The predicted octanol–water partition coefficient (Wildman–Crippen LogP) is 4.63. The molecule has 0 atom stereocenters. The quantitative estimate of drug-likeness (QED) is 0.456. The molecule has 1 aliphatic heterocycles. The van der Waals surface area contributed by atoms with Gasteiger partial charge in [-0.1, -0.05) is 73.9 Å². The standard InChI is InChI=1S/C24H32N2O2/c27-24(25-28-20-21-11-5-4-6-12-21)15-7-2-1-3-10-17-26-18-16-22-13-8-9-14-23(22)19-26/h4-6,8-9,11-14H,1-3,7,10,15-20H2,(H,25,27). The Hall–Kier alpha value is -2.17. The van der Waals surface area contributed by atoms with E-state index < -0.39 is 0 Å². The van der Waals surface area contributed by atoms with Crippen molar-refractivity contribution in [3.8, 4) is 0 Å². The van der Waals surface area contributed by atoms with E-state index in [9.17, 15) is 4.79 Å². The fourth-order valence-electron chi connectivity index (χ4n) is 3.72. The van der Waals surface area contributed by atoms with Gasteiger partial charge in [-0.05, 0) is 42.5 Å². The molecule has 2 aromatic carbocycles. The normalized spacial score (nSPS) is 13.9. The van der Waals surface area contributed by atoms with Crippen LogP contribution in [0.25, 0.3) is 0 Å². The van der Waals surface area contributed by atoms with Gasteiger partial charge in [0, 0.05) is 19.5 Å². The predicted molar refractivity (Wildman–Crippen MR) is 112 cm³/mol. The summed E-state index contributed by atoms with van der Waals surface area (Å²) in [6, 6.07) is 18.7. The number of unbranched alkanes of at least 4 members (excludes halogenated alkanes) is 4.